The molecule has 1 heterocycles. The second-order valence-electron chi connectivity index (χ2n) is 4.04. The Morgan fingerprint density at radius 3 is 2.00 bits per heavy atom. The average Bonchev–Trinajstić information content (AvgIpc) is 2.43. The first-order valence-corrected chi connectivity index (χ1v) is 6.34. The number of Topliss-reactive ketones (excluding diaryl/α,β-unsaturated/α-hetero) is 1. The summed E-state index contributed by atoms with van der Waals surface area (Å²) in [6.07, 6.45) is 1.58. The number of ketones is 1. The molecule has 0 saturated carbocycles. The van der Waals surface area contributed by atoms with Crippen LogP contribution in [-0.2, 0) is 0 Å². The summed E-state index contributed by atoms with van der Waals surface area (Å²) in [6, 6.07) is 9.42. The SMILES string of the molecule is C1CNCCN1.CCCC(=O)c1ccccc1. The molecule has 1 aromatic rings. The van der Waals surface area contributed by atoms with Gasteiger partial charge in [0.05, 0.1) is 0 Å². The molecule has 1 aliphatic heterocycles. The Kier molecular flexibility index (Phi) is 7.27. The zero-order valence-corrected chi connectivity index (χ0v) is 10.5. The first kappa shape index (κ1) is 13.9. The number of hydrogen-bond acceptors (Lipinski definition) is 3. The van der Waals surface area contributed by atoms with E-state index in [4.69, 9.17) is 0 Å². The number of carbonyl (C=O) groups is 1. The molecule has 0 aliphatic carbocycles. The molecule has 0 unspecified atom stereocenters. The Bertz CT molecular complexity index is 296. The van der Waals surface area contributed by atoms with Crippen LogP contribution in [0.1, 0.15) is 30.1 Å². The van der Waals surface area contributed by atoms with Gasteiger partial charge in [0.15, 0.2) is 5.78 Å². The predicted molar refractivity (Wildman–Crippen MR) is 71.4 cm³/mol. The predicted octanol–water partition coefficient (Wildman–Crippen LogP) is 1.85. The van der Waals surface area contributed by atoms with Crippen molar-refractivity contribution in [1.82, 2.24) is 10.6 Å². The molecule has 1 saturated heterocycles. The zero-order chi connectivity index (χ0) is 12.3. The highest BCUT2D eigenvalue weighted by molar-refractivity contribution is 5.95. The Morgan fingerprint density at radius 1 is 1.06 bits per heavy atom. The average molecular weight is 234 g/mol. The standard InChI is InChI=1S/C10H12O.C4H10N2/c1-2-6-10(11)9-7-4-3-5-8-9;1-2-6-4-3-5-1/h3-5,7-8H,2,6H2,1H3;5-6H,1-4H2. The maximum atomic E-state index is 11.2. The lowest BCUT2D eigenvalue weighted by Crippen LogP contribution is -2.39. The maximum absolute atomic E-state index is 11.2. The van der Waals surface area contributed by atoms with E-state index in [-0.39, 0.29) is 5.78 Å². The quantitative estimate of drug-likeness (QED) is 0.784. The molecule has 1 aliphatic rings. The van der Waals surface area contributed by atoms with Gasteiger partial charge in [0.2, 0.25) is 0 Å². The number of benzene rings is 1. The number of hydrogen-bond donors (Lipinski definition) is 2. The monoisotopic (exact) mass is 234 g/mol. The number of rotatable bonds is 3. The Morgan fingerprint density at radius 2 is 1.59 bits per heavy atom. The lowest BCUT2D eigenvalue weighted by atomic mass is 10.1. The van der Waals surface area contributed by atoms with Gasteiger partial charge in [-0.3, -0.25) is 4.79 Å². The molecule has 0 atom stereocenters. The van der Waals surface area contributed by atoms with Crippen LogP contribution in [0.5, 0.6) is 0 Å². The fourth-order valence-electron chi connectivity index (χ4n) is 1.60. The highest BCUT2D eigenvalue weighted by atomic mass is 16.1. The normalized spacial score (nSPS) is 14.6. The van der Waals surface area contributed by atoms with Crippen LogP contribution in [0, 0.1) is 0 Å². The minimum atomic E-state index is 0.244. The fourth-order valence-corrected chi connectivity index (χ4v) is 1.60. The molecule has 0 aromatic heterocycles. The number of piperazine rings is 1. The minimum Gasteiger partial charge on any atom is -0.314 e. The fraction of sp³-hybridized carbons (Fsp3) is 0.500. The molecule has 94 valence electrons. The van der Waals surface area contributed by atoms with Crippen LogP contribution in [0.4, 0.5) is 0 Å². The topological polar surface area (TPSA) is 41.1 Å². The summed E-state index contributed by atoms with van der Waals surface area (Å²) >= 11 is 0. The summed E-state index contributed by atoms with van der Waals surface area (Å²) in [5.41, 5.74) is 0.828. The van der Waals surface area contributed by atoms with Crippen LogP contribution >= 0.6 is 0 Å². The minimum absolute atomic E-state index is 0.244. The molecule has 1 aromatic carbocycles. The van der Waals surface area contributed by atoms with E-state index in [9.17, 15) is 4.79 Å². The van der Waals surface area contributed by atoms with E-state index in [2.05, 4.69) is 10.6 Å². The first-order chi connectivity index (χ1) is 8.34. The van der Waals surface area contributed by atoms with Crippen molar-refractivity contribution >= 4 is 5.78 Å². The van der Waals surface area contributed by atoms with E-state index in [1.165, 1.54) is 0 Å². The summed E-state index contributed by atoms with van der Waals surface area (Å²) in [5, 5.41) is 6.44. The van der Waals surface area contributed by atoms with E-state index in [1.54, 1.807) is 0 Å². The van der Waals surface area contributed by atoms with Gasteiger partial charge in [0, 0.05) is 38.2 Å². The number of carbonyl (C=O) groups excluding carboxylic acids is 1. The van der Waals surface area contributed by atoms with Gasteiger partial charge < -0.3 is 10.6 Å². The lowest BCUT2D eigenvalue weighted by Gasteiger charge is -2.11. The van der Waals surface area contributed by atoms with E-state index in [0.29, 0.717) is 6.42 Å². The van der Waals surface area contributed by atoms with Crippen molar-refractivity contribution in [2.75, 3.05) is 26.2 Å². The van der Waals surface area contributed by atoms with E-state index in [1.807, 2.05) is 37.3 Å². The van der Waals surface area contributed by atoms with Crippen molar-refractivity contribution in [3.05, 3.63) is 35.9 Å². The molecule has 2 N–H and O–H groups in total. The molecule has 0 spiro atoms. The second-order valence-corrected chi connectivity index (χ2v) is 4.04. The van der Waals surface area contributed by atoms with Crippen LogP contribution in [0.15, 0.2) is 30.3 Å². The van der Waals surface area contributed by atoms with Crippen LogP contribution in [0.25, 0.3) is 0 Å². The summed E-state index contributed by atoms with van der Waals surface area (Å²) in [4.78, 5) is 11.2. The Labute approximate surface area is 104 Å². The third kappa shape index (κ3) is 6.19. The lowest BCUT2D eigenvalue weighted by molar-refractivity contribution is 0.0982. The van der Waals surface area contributed by atoms with Gasteiger partial charge in [-0.25, -0.2) is 0 Å². The second kappa shape index (κ2) is 8.90. The zero-order valence-electron chi connectivity index (χ0n) is 10.5. The summed E-state index contributed by atoms with van der Waals surface area (Å²) < 4.78 is 0. The van der Waals surface area contributed by atoms with Crippen molar-refractivity contribution in [2.24, 2.45) is 0 Å². The molecule has 3 nitrogen and oxygen atoms in total. The molecule has 17 heavy (non-hydrogen) atoms. The largest absolute Gasteiger partial charge is 0.314 e. The smallest absolute Gasteiger partial charge is 0.162 e. The third-order valence-electron chi connectivity index (χ3n) is 2.53. The molecule has 0 amide bonds. The van der Waals surface area contributed by atoms with Crippen LogP contribution in [0.3, 0.4) is 0 Å². The Hall–Kier alpha value is -1.19. The van der Waals surface area contributed by atoms with Gasteiger partial charge in [0.1, 0.15) is 0 Å². The molecular formula is C14H22N2O. The van der Waals surface area contributed by atoms with Crippen LogP contribution in [-0.4, -0.2) is 32.0 Å². The van der Waals surface area contributed by atoms with Crippen molar-refractivity contribution in [2.45, 2.75) is 19.8 Å². The van der Waals surface area contributed by atoms with Crippen LogP contribution < -0.4 is 10.6 Å². The van der Waals surface area contributed by atoms with Gasteiger partial charge >= 0.3 is 0 Å². The van der Waals surface area contributed by atoms with Crippen molar-refractivity contribution < 1.29 is 4.79 Å². The third-order valence-corrected chi connectivity index (χ3v) is 2.53. The summed E-state index contributed by atoms with van der Waals surface area (Å²) in [7, 11) is 0. The van der Waals surface area contributed by atoms with Gasteiger partial charge in [-0.15, -0.1) is 0 Å². The van der Waals surface area contributed by atoms with E-state index < -0.39 is 0 Å². The van der Waals surface area contributed by atoms with E-state index in [0.717, 1.165) is 38.2 Å². The summed E-state index contributed by atoms with van der Waals surface area (Å²) in [6.45, 7) is 6.57. The maximum Gasteiger partial charge on any atom is 0.162 e. The molecule has 0 radical (unpaired) electrons. The van der Waals surface area contributed by atoms with Crippen molar-refractivity contribution in [3.63, 3.8) is 0 Å². The molecule has 0 bridgehead atoms. The molecular weight excluding hydrogens is 212 g/mol. The highest BCUT2D eigenvalue weighted by Gasteiger charge is 2.01. The summed E-state index contributed by atoms with van der Waals surface area (Å²) in [5.74, 6) is 0.244. The Balaban J connectivity index is 0.000000202. The van der Waals surface area contributed by atoms with Gasteiger partial charge in [-0.1, -0.05) is 37.3 Å². The number of nitrogens with one attached hydrogen (secondary N) is 2. The van der Waals surface area contributed by atoms with Gasteiger partial charge in [-0.2, -0.15) is 0 Å². The molecule has 3 heteroatoms. The molecule has 2 rings (SSSR count). The van der Waals surface area contributed by atoms with Crippen LogP contribution in [0.2, 0.25) is 0 Å². The van der Waals surface area contributed by atoms with E-state index >= 15 is 0 Å². The highest BCUT2D eigenvalue weighted by Crippen LogP contribution is 2.03. The van der Waals surface area contributed by atoms with Gasteiger partial charge in [0.25, 0.3) is 0 Å². The van der Waals surface area contributed by atoms with Gasteiger partial charge in [-0.05, 0) is 6.42 Å². The van der Waals surface area contributed by atoms with Crippen molar-refractivity contribution in [1.29, 1.82) is 0 Å². The molecule has 1 fully saturated rings. The first-order valence-electron chi connectivity index (χ1n) is 6.34. The van der Waals surface area contributed by atoms with Crippen molar-refractivity contribution in [3.8, 4) is 0 Å².